The van der Waals surface area contributed by atoms with Gasteiger partial charge in [-0.3, -0.25) is 9.52 Å². The summed E-state index contributed by atoms with van der Waals surface area (Å²) in [5, 5.41) is 2.72. The molecular formula is C17H19FN2O4S. The second-order valence-corrected chi connectivity index (χ2v) is 7.12. The van der Waals surface area contributed by atoms with Crippen LogP contribution in [-0.4, -0.2) is 34.1 Å². The lowest BCUT2D eigenvalue weighted by atomic mass is 10.1. The molecule has 1 amide bonds. The number of hydrogen-bond donors (Lipinski definition) is 2. The van der Waals surface area contributed by atoms with Crippen molar-refractivity contribution in [2.45, 2.75) is 17.9 Å². The van der Waals surface area contributed by atoms with E-state index in [0.717, 1.165) is 24.3 Å². The highest BCUT2D eigenvalue weighted by molar-refractivity contribution is 7.92. The Morgan fingerprint density at radius 3 is 2.44 bits per heavy atom. The number of ether oxygens (including phenoxy) is 1. The molecule has 0 saturated heterocycles. The summed E-state index contributed by atoms with van der Waals surface area (Å²) in [6.45, 7) is 2.10. The van der Waals surface area contributed by atoms with E-state index in [0.29, 0.717) is 6.61 Å². The molecule has 1 atom stereocenters. The molecule has 0 unspecified atom stereocenters. The Morgan fingerprint density at radius 2 is 1.80 bits per heavy atom. The molecule has 0 aliphatic carbocycles. The van der Waals surface area contributed by atoms with Gasteiger partial charge in [0.1, 0.15) is 5.82 Å². The zero-order chi connectivity index (χ0) is 18.4. The zero-order valence-corrected chi connectivity index (χ0v) is 14.6. The van der Waals surface area contributed by atoms with Crippen LogP contribution in [0.5, 0.6) is 0 Å². The average molecular weight is 366 g/mol. The van der Waals surface area contributed by atoms with Crippen LogP contribution in [0.1, 0.15) is 17.3 Å². The van der Waals surface area contributed by atoms with Gasteiger partial charge in [0, 0.05) is 13.2 Å². The molecule has 0 bridgehead atoms. The summed E-state index contributed by atoms with van der Waals surface area (Å²) < 4.78 is 45.2. The van der Waals surface area contributed by atoms with Gasteiger partial charge in [-0.15, -0.1) is 0 Å². The third-order valence-corrected chi connectivity index (χ3v) is 4.72. The van der Waals surface area contributed by atoms with E-state index in [1.54, 1.807) is 19.1 Å². The molecule has 0 saturated carbocycles. The largest absolute Gasteiger partial charge is 0.383 e. The fourth-order valence-corrected chi connectivity index (χ4v) is 3.26. The van der Waals surface area contributed by atoms with Crippen molar-refractivity contribution in [3.05, 3.63) is 59.9 Å². The number of nitrogens with one attached hydrogen (secondary N) is 2. The summed E-state index contributed by atoms with van der Waals surface area (Å²) in [4.78, 5) is 12.3. The molecule has 25 heavy (non-hydrogen) atoms. The van der Waals surface area contributed by atoms with Crippen molar-refractivity contribution in [2.75, 3.05) is 18.4 Å². The highest BCUT2D eigenvalue weighted by atomic mass is 32.2. The van der Waals surface area contributed by atoms with E-state index in [-0.39, 0.29) is 22.2 Å². The van der Waals surface area contributed by atoms with Crippen molar-refractivity contribution in [1.29, 1.82) is 0 Å². The van der Waals surface area contributed by atoms with Crippen molar-refractivity contribution < 1.29 is 22.3 Å². The molecule has 2 aromatic carbocycles. The number of amides is 1. The first-order chi connectivity index (χ1) is 11.8. The van der Waals surface area contributed by atoms with E-state index in [9.17, 15) is 17.6 Å². The summed E-state index contributed by atoms with van der Waals surface area (Å²) in [6, 6.07) is 10.4. The van der Waals surface area contributed by atoms with Gasteiger partial charge >= 0.3 is 0 Å². The quantitative estimate of drug-likeness (QED) is 0.788. The van der Waals surface area contributed by atoms with Crippen molar-refractivity contribution in [3.63, 3.8) is 0 Å². The maximum Gasteiger partial charge on any atom is 0.261 e. The first-order valence-electron chi connectivity index (χ1n) is 7.50. The number of anilines is 1. The molecule has 0 aromatic heterocycles. The molecule has 0 aliphatic heterocycles. The zero-order valence-electron chi connectivity index (χ0n) is 13.8. The number of carbonyl (C=O) groups is 1. The second-order valence-electron chi connectivity index (χ2n) is 5.43. The van der Waals surface area contributed by atoms with Gasteiger partial charge in [-0.25, -0.2) is 12.8 Å². The van der Waals surface area contributed by atoms with Gasteiger partial charge in [0.05, 0.1) is 22.8 Å². The standard InChI is InChI=1S/C17H19FN2O4S/c1-12(11-24-2)19-17(21)15-5-3-4-6-16(15)20-25(22,23)14-9-7-13(18)8-10-14/h3-10,12,20H,11H2,1-2H3,(H,19,21)/t12-/m1/s1. The molecule has 0 aliphatic rings. The molecule has 0 heterocycles. The molecule has 134 valence electrons. The van der Waals surface area contributed by atoms with E-state index < -0.39 is 21.7 Å². The lowest BCUT2D eigenvalue weighted by Crippen LogP contribution is -2.36. The highest BCUT2D eigenvalue weighted by Crippen LogP contribution is 2.20. The number of carbonyl (C=O) groups excluding carboxylic acids is 1. The third kappa shape index (κ3) is 5.01. The smallest absolute Gasteiger partial charge is 0.261 e. The highest BCUT2D eigenvalue weighted by Gasteiger charge is 2.19. The van der Waals surface area contributed by atoms with Crippen LogP contribution >= 0.6 is 0 Å². The first kappa shape index (κ1) is 18.9. The van der Waals surface area contributed by atoms with Crippen molar-refractivity contribution in [3.8, 4) is 0 Å². The minimum Gasteiger partial charge on any atom is -0.383 e. The van der Waals surface area contributed by atoms with Gasteiger partial charge in [-0.05, 0) is 43.3 Å². The topological polar surface area (TPSA) is 84.5 Å². The third-order valence-electron chi connectivity index (χ3n) is 3.33. The van der Waals surface area contributed by atoms with Gasteiger partial charge in [0.25, 0.3) is 15.9 Å². The molecule has 2 N–H and O–H groups in total. The van der Waals surface area contributed by atoms with Crippen molar-refractivity contribution >= 4 is 21.6 Å². The van der Waals surface area contributed by atoms with Gasteiger partial charge in [-0.1, -0.05) is 12.1 Å². The number of para-hydroxylation sites is 1. The first-order valence-corrected chi connectivity index (χ1v) is 8.99. The molecule has 2 aromatic rings. The van der Waals surface area contributed by atoms with Crippen LogP contribution < -0.4 is 10.0 Å². The minimum absolute atomic E-state index is 0.100. The Labute approximate surface area is 146 Å². The monoisotopic (exact) mass is 366 g/mol. The number of halogens is 1. The fraction of sp³-hybridized carbons (Fsp3) is 0.235. The van der Waals surface area contributed by atoms with E-state index in [4.69, 9.17) is 4.74 Å². The molecule has 8 heteroatoms. The van der Waals surface area contributed by atoms with Crippen LogP contribution in [0.4, 0.5) is 10.1 Å². The van der Waals surface area contributed by atoms with Crippen LogP contribution in [-0.2, 0) is 14.8 Å². The number of rotatable bonds is 7. The molecule has 0 spiro atoms. The summed E-state index contributed by atoms with van der Waals surface area (Å²) >= 11 is 0. The lowest BCUT2D eigenvalue weighted by molar-refractivity contribution is 0.0906. The Bertz CT molecular complexity index is 838. The molecular weight excluding hydrogens is 347 g/mol. The maximum absolute atomic E-state index is 13.0. The van der Waals surface area contributed by atoms with Gasteiger partial charge in [0.2, 0.25) is 0 Å². The Kier molecular flexibility index (Phi) is 6.11. The molecule has 0 radical (unpaired) electrons. The SMILES string of the molecule is COC[C@@H](C)NC(=O)c1ccccc1NS(=O)(=O)c1ccc(F)cc1. The summed E-state index contributed by atoms with van der Waals surface area (Å²) in [5.41, 5.74) is 0.310. The summed E-state index contributed by atoms with van der Waals surface area (Å²) in [6.07, 6.45) is 0. The Morgan fingerprint density at radius 1 is 1.16 bits per heavy atom. The van der Waals surface area contributed by atoms with Crippen LogP contribution in [0.3, 0.4) is 0 Å². The maximum atomic E-state index is 13.0. The lowest BCUT2D eigenvalue weighted by Gasteiger charge is -2.16. The molecule has 2 rings (SSSR count). The van der Waals surface area contributed by atoms with Crippen LogP contribution in [0.2, 0.25) is 0 Å². The average Bonchev–Trinajstić information content (AvgIpc) is 2.55. The minimum atomic E-state index is -3.95. The van der Waals surface area contributed by atoms with Crippen molar-refractivity contribution in [2.24, 2.45) is 0 Å². The number of sulfonamides is 1. The summed E-state index contributed by atoms with van der Waals surface area (Å²) in [5.74, 6) is -0.965. The Hall–Kier alpha value is -2.45. The number of benzene rings is 2. The van der Waals surface area contributed by atoms with Crippen LogP contribution in [0, 0.1) is 5.82 Å². The van der Waals surface area contributed by atoms with Crippen molar-refractivity contribution in [1.82, 2.24) is 5.32 Å². The van der Waals surface area contributed by atoms with Gasteiger partial charge in [-0.2, -0.15) is 0 Å². The van der Waals surface area contributed by atoms with E-state index in [1.807, 2.05) is 0 Å². The number of hydrogen-bond acceptors (Lipinski definition) is 4. The number of methoxy groups -OCH3 is 1. The second kappa shape index (κ2) is 8.09. The summed E-state index contributed by atoms with van der Waals surface area (Å²) in [7, 11) is -2.42. The molecule has 0 fully saturated rings. The van der Waals surface area contributed by atoms with Crippen LogP contribution in [0.25, 0.3) is 0 Å². The van der Waals surface area contributed by atoms with Gasteiger partial charge < -0.3 is 10.1 Å². The normalized spacial score (nSPS) is 12.4. The fourth-order valence-electron chi connectivity index (χ4n) is 2.18. The van der Waals surface area contributed by atoms with E-state index >= 15 is 0 Å². The Balaban J connectivity index is 2.25. The van der Waals surface area contributed by atoms with Gasteiger partial charge in [0.15, 0.2) is 0 Å². The van der Waals surface area contributed by atoms with Crippen LogP contribution in [0.15, 0.2) is 53.4 Å². The predicted octanol–water partition coefficient (Wildman–Crippen LogP) is 2.39. The van der Waals surface area contributed by atoms with E-state index in [2.05, 4.69) is 10.0 Å². The predicted molar refractivity (Wildman–Crippen MR) is 92.5 cm³/mol. The molecule has 6 nitrogen and oxygen atoms in total. The van der Waals surface area contributed by atoms with E-state index in [1.165, 1.54) is 19.2 Å².